The Hall–Kier alpha value is -3.03. The number of nitrogens with two attached hydrogens (primary N) is 1. The number of hydrogen-bond acceptors (Lipinski definition) is 3. The first kappa shape index (κ1) is 17.4. The maximum absolute atomic E-state index is 13.0. The smallest absolute Gasteiger partial charge is 0.382 e. The molecule has 140 valence electrons. The number of benzene rings is 2. The molecule has 0 unspecified atom stereocenters. The maximum atomic E-state index is 13.0. The molecule has 2 aromatic carbocycles. The highest BCUT2D eigenvalue weighted by atomic mass is 19.4. The molecule has 1 aliphatic heterocycles. The van der Waals surface area contributed by atoms with E-state index in [1.165, 1.54) is 12.1 Å². The molecular formula is C19H17F3N4O. The summed E-state index contributed by atoms with van der Waals surface area (Å²) in [5.74, 6) is 0.153. The first-order valence-electron chi connectivity index (χ1n) is 8.56. The van der Waals surface area contributed by atoms with Gasteiger partial charge in [0.25, 0.3) is 5.91 Å². The highest BCUT2D eigenvalue weighted by molar-refractivity contribution is 6.00. The van der Waals surface area contributed by atoms with E-state index in [1.807, 2.05) is 0 Å². The SMILES string of the molecule is Nc1n[nH]c2ccc(C(=O)N3CCC[C@@H]3c3ccc(C(F)(F)F)cc3)cc12. The topological polar surface area (TPSA) is 75.0 Å². The van der Waals surface area contributed by atoms with Crippen LogP contribution in [0.15, 0.2) is 42.5 Å². The van der Waals surface area contributed by atoms with Crippen LogP contribution in [-0.4, -0.2) is 27.5 Å². The zero-order chi connectivity index (χ0) is 19.2. The lowest BCUT2D eigenvalue weighted by atomic mass is 10.0. The van der Waals surface area contributed by atoms with Crippen LogP contribution in [-0.2, 0) is 6.18 Å². The van der Waals surface area contributed by atoms with E-state index in [-0.39, 0.29) is 11.9 Å². The second kappa shape index (κ2) is 6.29. The van der Waals surface area contributed by atoms with Gasteiger partial charge >= 0.3 is 6.18 Å². The van der Waals surface area contributed by atoms with Crippen molar-refractivity contribution in [2.75, 3.05) is 12.3 Å². The van der Waals surface area contributed by atoms with Gasteiger partial charge < -0.3 is 10.6 Å². The van der Waals surface area contributed by atoms with Crippen molar-refractivity contribution in [3.05, 3.63) is 59.2 Å². The molecule has 4 rings (SSSR count). The number of carbonyl (C=O) groups is 1. The van der Waals surface area contributed by atoms with Crippen molar-refractivity contribution in [1.82, 2.24) is 15.1 Å². The lowest BCUT2D eigenvalue weighted by Gasteiger charge is -2.25. The number of nitrogens with one attached hydrogen (secondary N) is 1. The number of nitrogen functional groups attached to an aromatic ring is 1. The Morgan fingerprint density at radius 3 is 2.63 bits per heavy atom. The summed E-state index contributed by atoms with van der Waals surface area (Å²) >= 11 is 0. The Morgan fingerprint density at radius 1 is 1.19 bits per heavy atom. The summed E-state index contributed by atoms with van der Waals surface area (Å²) in [7, 11) is 0. The third kappa shape index (κ3) is 3.11. The van der Waals surface area contributed by atoms with Gasteiger partial charge in [0.05, 0.1) is 17.1 Å². The summed E-state index contributed by atoms with van der Waals surface area (Å²) in [6, 6.07) is 9.94. The fourth-order valence-corrected chi connectivity index (χ4v) is 3.58. The quantitative estimate of drug-likeness (QED) is 0.708. The molecule has 1 aliphatic rings. The van der Waals surface area contributed by atoms with Crippen molar-refractivity contribution in [3.63, 3.8) is 0 Å². The molecule has 3 aromatic rings. The number of halogens is 3. The number of rotatable bonds is 2. The van der Waals surface area contributed by atoms with Gasteiger partial charge in [-0.2, -0.15) is 18.3 Å². The van der Waals surface area contributed by atoms with Gasteiger partial charge in [-0.1, -0.05) is 12.1 Å². The summed E-state index contributed by atoms with van der Waals surface area (Å²) < 4.78 is 38.3. The molecule has 0 spiro atoms. The van der Waals surface area contributed by atoms with E-state index in [9.17, 15) is 18.0 Å². The zero-order valence-corrected chi connectivity index (χ0v) is 14.3. The molecule has 1 aromatic heterocycles. The van der Waals surface area contributed by atoms with Gasteiger partial charge in [0, 0.05) is 17.5 Å². The molecule has 0 aliphatic carbocycles. The Bertz CT molecular complexity index is 994. The number of aromatic amines is 1. The molecular weight excluding hydrogens is 357 g/mol. The number of H-pyrrole nitrogens is 1. The van der Waals surface area contributed by atoms with Crippen molar-refractivity contribution in [3.8, 4) is 0 Å². The van der Waals surface area contributed by atoms with Gasteiger partial charge in [-0.15, -0.1) is 0 Å². The van der Waals surface area contributed by atoms with E-state index < -0.39 is 11.7 Å². The predicted molar refractivity (Wildman–Crippen MR) is 95.0 cm³/mol. The van der Waals surface area contributed by atoms with Crippen LogP contribution in [0, 0.1) is 0 Å². The number of likely N-dealkylation sites (tertiary alicyclic amines) is 1. The van der Waals surface area contributed by atoms with Crippen LogP contribution in [0.25, 0.3) is 10.9 Å². The highest BCUT2D eigenvalue weighted by Gasteiger charge is 2.33. The molecule has 3 N–H and O–H groups in total. The number of alkyl halides is 3. The minimum absolute atomic E-state index is 0.167. The largest absolute Gasteiger partial charge is 0.416 e. The minimum atomic E-state index is -4.37. The fourth-order valence-electron chi connectivity index (χ4n) is 3.58. The second-order valence-electron chi connectivity index (χ2n) is 6.65. The monoisotopic (exact) mass is 374 g/mol. The predicted octanol–water partition coefficient (Wildman–Crippen LogP) is 4.14. The summed E-state index contributed by atoms with van der Waals surface area (Å²) in [4.78, 5) is 14.7. The van der Waals surface area contributed by atoms with E-state index in [4.69, 9.17) is 5.73 Å². The number of hydrogen-bond donors (Lipinski definition) is 2. The Morgan fingerprint density at radius 2 is 1.93 bits per heavy atom. The molecule has 8 heteroatoms. The molecule has 5 nitrogen and oxygen atoms in total. The number of aromatic nitrogens is 2. The number of anilines is 1. The molecule has 1 amide bonds. The van der Waals surface area contributed by atoms with Crippen molar-refractivity contribution >= 4 is 22.6 Å². The second-order valence-corrected chi connectivity index (χ2v) is 6.65. The lowest BCUT2D eigenvalue weighted by molar-refractivity contribution is -0.137. The molecule has 1 atom stereocenters. The molecule has 0 bridgehead atoms. The zero-order valence-electron chi connectivity index (χ0n) is 14.3. The Balaban J connectivity index is 1.62. The standard InChI is InChI=1S/C19H17F3N4O/c20-19(21,22)13-6-3-11(4-7-13)16-2-1-9-26(16)18(27)12-5-8-15-14(10-12)17(23)25-24-15/h3-8,10,16H,1-2,9H2,(H3,23,24,25)/t16-/m1/s1. The third-order valence-corrected chi connectivity index (χ3v) is 4.98. The van der Waals surface area contributed by atoms with E-state index in [2.05, 4.69) is 10.2 Å². The summed E-state index contributed by atoms with van der Waals surface area (Å²) in [5.41, 5.74) is 7.04. The van der Waals surface area contributed by atoms with Gasteiger partial charge in [-0.3, -0.25) is 9.89 Å². The van der Waals surface area contributed by atoms with Crippen molar-refractivity contribution in [1.29, 1.82) is 0 Å². The van der Waals surface area contributed by atoms with Crippen LogP contribution in [0.1, 0.15) is 40.4 Å². The van der Waals surface area contributed by atoms with Crippen LogP contribution in [0.4, 0.5) is 19.0 Å². The maximum Gasteiger partial charge on any atom is 0.416 e. The number of fused-ring (bicyclic) bond motifs is 1. The van der Waals surface area contributed by atoms with Gasteiger partial charge in [0.1, 0.15) is 0 Å². The summed E-state index contributed by atoms with van der Waals surface area (Å²) in [6.45, 7) is 0.559. The fraction of sp³-hybridized carbons (Fsp3) is 0.263. The van der Waals surface area contributed by atoms with Crippen LogP contribution >= 0.6 is 0 Å². The van der Waals surface area contributed by atoms with E-state index in [0.717, 1.165) is 24.1 Å². The normalized spacial score (nSPS) is 17.6. The summed E-state index contributed by atoms with van der Waals surface area (Å²) in [6.07, 6.45) is -2.86. The molecule has 1 saturated heterocycles. The van der Waals surface area contributed by atoms with Gasteiger partial charge in [-0.05, 0) is 48.7 Å². The van der Waals surface area contributed by atoms with Crippen LogP contribution < -0.4 is 5.73 Å². The molecule has 0 radical (unpaired) electrons. The van der Waals surface area contributed by atoms with Crippen molar-refractivity contribution in [2.24, 2.45) is 0 Å². The first-order chi connectivity index (χ1) is 12.8. The minimum Gasteiger partial charge on any atom is -0.382 e. The Kier molecular flexibility index (Phi) is 4.05. The van der Waals surface area contributed by atoms with E-state index in [0.29, 0.717) is 35.3 Å². The van der Waals surface area contributed by atoms with Crippen LogP contribution in [0.3, 0.4) is 0 Å². The molecule has 0 saturated carbocycles. The molecule has 2 heterocycles. The molecule has 27 heavy (non-hydrogen) atoms. The first-order valence-corrected chi connectivity index (χ1v) is 8.56. The van der Waals surface area contributed by atoms with Gasteiger partial charge in [0.15, 0.2) is 5.82 Å². The van der Waals surface area contributed by atoms with Crippen molar-refractivity contribution in [2.45, 2.75) is 25.1 Å². The average molecular weight is 374 g/mol. The van der Waals surface area contributed by atoms with Crippen molar-refractivity contribution < 1.29 is 18.0 Å². The molecule has 1 fully saturated rings. The van der Waals surface area contributed by atoms with E-state index >= 15 is 0 Å². The van der Waals surface area contributed by atoms with Crippen LogP contribution in [0.2, 0.25) is 0 Å². The van der Waals surface area contributed by atoms with Gasteiger partial charge in [0.2, 0.25) is 0 Å². The average Bonchev–Trinajstić information content (AvgIpc) is 3.27. The van der Waals surface area contributed by atoms with Crippen LogP contribution in [0.5, 0.6) is 0 Å². The Labute approximate surface area is 153 Å². The van der Waals surface area contributed by atoms with E-state index in [1.54, 1.807) is 23.1 Å². The van der Waals surface area contributed by atoms with Gasteiger partial charge in [-0.25, -0.2) is 0 Å². The third-order valence-electron chi connectivity index (χ3n) is 4.98. The number of carbonyl (C=O) groups excluding carboxylic acids is 1. The summed E-state index contributed by atoms with van der Waals surface area (Å²) in [5, 5.41) is 7.38. The number of amides is 1. The lowest BCUT2D eigenvalue weighted by Crippen LogP contribution is -2.30. The highest BCUT2D eigenvalue weighted by Crippen LogP contribution is 2.36. The number of nitrogens with zero attached hydrogens (tertiary/aromatic N) is 2.